The van der Waals surface area contributed by atoms with Gasteiger partial charge in [0.25, 0.3) is 0 Å². The van der Waals surface area contributed by atoms with Gasteiger partial charge in [-0.05, 0) is 43.4 Å². The number of rotatable bonds is 11. The van der Waals surface area contributed by atoms with Gasteiger partial charge < -0.3 is 20.7 Å². The molecule has 0 aromatic heterocycles. The summed E-state index contributed by atoms with van der Waals surface area (Å²) in [6.45, 7) is 10.6. The molecule has 3 N–H and O–H groups in total. The van der Waals surface area contributed by atoms with Gasteiger partial charge in [-0.2, -0.15) is 0 Å². The number of amides is 1. The van der Waals surface area contributed by atoms with Gasteiger partial charge in [-0.1, -0.05) is 32.9 Å². The molecular formula is C21H37IN4O2. The SMILES string of the molecule is CCCC(=O)Nc1ccc(CNC(=NC)NCCC(OCC)C(C)C)cc1.I. The zero-order valence-electron chi connectivity index (χ0n) is 17.9. The number of guanidine groups is 1. The molecule has 0 aliphatic heterocycles. The fourth-order valence-corrected chi connectivity index (χ4v) is 2.72. The summed E-state index contributed by atoms with van der Waals surface area (Å²) in [4.78, 5) is 15.9. The van der Waals surface area contributed by atoms with E-state index in [4.69, 9.17) is 4.74 Å². The predicted molar refractivity (Wildman–Crippen MR) is 128 cm³/mol. The molecule has 1 aromatic rings. The molecule has 1 rings (SSSR count). The summed E-state index contributed by atoms with van der Waals surface area (Å²) in [5.74, 6) is 1.33. The largest absolute Gasteiger partial charge is 0.378 e. The molecule has 1 atom stereocenters. The number of hydrogen-bond acceptors (Lipinski definition) is 3. The lowest BCUT2D eigenvalue weighted by Crippen LogP contribution is -2.38. The average Bonchev–Trinajstić information content (AvgIpc) is 2.64. The molecule has 0 fully saturated rings. The number of halogens is 1. The monoisotopic (exact) mass is 504 g/mol. The number of hydrogen-bond donors (Lipinski definition) is 3. The summed E-state index contributed by atoms with van der Waals surface area (Å²) in [7, 11) is 1.77. The molecule has 7 heteroatoms. The average molecular weight is 504 g/mol. The second kappa shape index (κ2) is 15.6. The Balaban J connectivity index is 0.00000729. The van der Waals surface area contributed by atoms with Crippen molar-refractivity contribution in [1.82, 2.24) is 10.6 Å². The second-order valence-electron chi connectivity index (χ2n) is 6.87. The van der Waals surface area contributed by atoms with Crippen molar-refractivity contribution in [2.45, 2.75) is 59.6 Å². The van der Waals surface area contributed by atoms with Gasteiger partial charge in [0.05, 0.1) is 6.10 Å². The maximum Gasteiger partial charge on any atom is 0.224 e. The minimum atomic E-state index is 0. The number of benzene rings is 1. The maximum atomic E-state index is 11.6. The zero-order valence-corrected chi connectivity index (χ0v) is 20.2. The van der Waals surface area contributed by atoms with Gasteiger partial charge >= 0.3 is 0 Å². The normalized spacial score (nSPS) is 12.3. The van der Waals surface area contributed by atoms with Crippen LogP contribution in [-0.2, 0) is 16.1 Å². The molecule has 1 amide bonds. The number of carbonyl (C=O) groups is 1. The Morgan fingerprint density at radius 3 is 2.36 bits per heavy atom. The number of nitrogens with zero attached hydrogens (tertiary/aromatic N) is 1. The predicted octanol–water partition coefficient (Wildman–Crippen LogP) is 4.16. The van der Waals surface area contributed by atoms with Crippen molar-refractivity contribution >= 4 is 41.5 Å². The van der Waals surface area contributed by atoms with Crippen LogP contribution in [0.1, 0.15) is 52.5 Å². The van der Waals surface area contributed by atoms with Crippen LogP contribution >= 0.6 is 24.0 Å². The van der Waals surface area contributed by atoms with E-state index in [0.717, 1.165) is 43.2 Å². The minimum Gasteiger partial charge on any atom is -0.378 e. The van der Waals surface area contributed by atoms with Crippen molar-refractivity contribution in [3.05, 3.63) is 29.8 Å². The molecule has 160 valence electrons. The molecule has 28 heavy (non-hydrogen) atoms. The molecule has 1 aromatic carbocycles. The van der Waals surface area contributed by atoms with E-state index in [0.29, 0.717) is 18.9 Å². The second-order valence-corrected chi connectivity index (χ2v) is 6.87. The van der Waals surface area contributed by atoms with Crippen LogP contribution < -0.4 is 16.0 Å². The van der Waals surface area contributed by atoms with Crippen LogP contribution in [0.3, 0.4) is 0 Å². The molecule has 0 heterocycles. The number of anilines is 1. The summed E-state index contributed by atoms with van der Waals surface area (Å²) >= 11 is 0. The van der Waals surface area contributed by atoms with E-state index < -0.39 is 0 Å². The van der Waals surface area contributed by atoms with Crippen LogP contribution in [-0.4, -0.2) is 38.2 Å². The molecule has 1 unspecified atom stereocenters. The van der Waals surface area contributed by atoms with E-state index in [-0.39, 0.29) is 36.0 Å². The lowest BCUT2D eigenvalue weighted by Gasteiger charge is -2.21. The quantitative estimate of drug-likeness (QED) is 0.241. The van der Waals surface area contributed by atoms with Crippen molar-refractivity contribution < 1.29 is 9.53 Å². The van der Waals surface area contributed by atoms with Gasteiger partial charge in [-0.3, -0.25) is 9.79 Å². The molecule has 6 nitrogen and oxygen atoms in total. The van der Waals surface area contributed by atoms with E-state index in [1.54, 1.807) is 7.05 Å². The highest BCUT2D eigenvalue weighted by Crippen LogP contribution is 2.11. The maximum absolute atomic E-state index is 11.6. The molecule has 0 bridgehead atoms. The fraction of sp³-hybridized carbons (Fsp3) is 0.619. The van der Waals surface area contributed by atoms with E-state index in [9.17, 15) is 4.79 Å². The van der Waals surface area contributed by atoms with Gasteiger partial charge in [-0.25, -0.2) is 0 Å². The summed E-state index contributed by atoms with van der Waals surface area (Å²) in [5.41, 5.74) is 1.95. The highest BCUT2D eigenvalue weighted by Gasteiger charge is 2.12. The van der Waals surface area contributed by atoms with Crippen LogP contribution in [0.4, 0.5) is 5.69 Å². The Bertz CT molecular complexity index is 576. The van der Waals surface area contributed by atoms with Crippen LogP contribution in [0.25, 0.3) is 0 Å². The Morgan fingerprint density at radius 1 is 1.14 bits per heavy atom. The molecule has 0 saturated carbocycles. The highest BCUT2D eigenvalue weighted by molar-refractivity contribution is 14.0. The van der Waals surface area contributed by atoms with E-state index in [1.807, 2.05) is 38.1 Å². The summed E-state index contributed by atoms with van der Waals surface area (Å²) in [6, 6.07) is 7.86. The van der Waals surface area contributed by atoms with Crippen molar-refractivity contribution in [3.8, 4) is 0 Å². The molecule has 0 aliphatic rings. The number of carbonyl (C=O) groups excluding carboxylic acids is 1. The first-order chi connectivity index (χ1) is 13.0. The Morgan fingerprint density at radius 2 is 1.82 bits per heavy atom. The third-order valence-electron chi connectivity index (χ3n) is 4.24. The lowest BCUT2D eigenvalue weighted by molar-refractivity contribution is -0.116. The van der Waals surface area contributed by atoms with Crippen LogP contribution in [0, 0.1) is 5.92 Å². The minimum absolute atomic E-state index is 0. The number of nitrogens with one attached hydrogen (secondary N) is 3. The summed E-state index contributed by atoms with van der Waals surface area (Å²) < 4.78 is 5.77. The zero-order chi connectivity index (χ0) is 20.1. The van der Waals surface area contributed by atoms with Gasteiger partial charge in [0.15, 0.2) is 5.96 Å². The summed E-state index contributed by atoms with van der Waals surface area (Å²) in [5, 5.41) is 9.55. The van der Waals surface area contributed by atoms with Crippen molar-refractivity contribution in [2.24, 2.45) is 10.9 Å². The van der Waals surface area contributed by atoms with Crippen LogP contribution in [0.15, 0.2) is 29.3 Å². The first-order valence-corrected chi connectivity index (χ1v) is 9.95. The molecular weight excluding hydrogens is 467 g/mol. The van der Waals surface area contributed by atoms with E-state index >= 15 is 0 Å². The number of aliphatic imine (C=N–C) groups is 1. The van der Waals surface area contributed by atoms with Crippen molar-refractivity contribution in [1.29, 1.82) is 0 Å². The van der Waals surface area contributed by atoms with Crippen molar-refractivity contribution in [3.63, 3.8) is 0 Å². The van der Waals surface area contributed by atoms with Gasteiger partial charge in [0.2, 0.25) is 5.91 Å². The van der Waals surface area contributed by atoms with Gasteiger partial charge in [0.1, 0.15) is 0 Å². The molecule has 0 radical (unpaired) electrons. The molecule has 0 saturated heterocycles. The Hall–Kier alpha value is -1.35. The van der Waals surface area contributed by atoms with Gasteiger partial charge in [0, 0.05) is 38.9 Å². The molecule has 0 aliphatic carbocycles. The third kappa shape index (κ3) is 10.8. The van der Waals surface area contributed by atoms with Crippen molar-refractivity contribution in [2.75, 3.05) is 25.5 Å². The number of ether oxygens (including phenoxy) is 1. The molecule has 0 spiro atoms. The summed E-state index contributed by atoms with van der Waals surface area (Å²) in [6.07, 6.45) is 2.60. The Labute approximate surface area is 187 Å². The van der Waals surface area contributed by atoms with E-state index in [2.05, 4.69) is 34.8 Å². The third-order valence-corrected chi connectivity index (χ3v) is 4.24. The first-order valence-electron chi connectivity index (χ1n) is 9.95. The smallest absolute Gasteiger partial charge is 0.224 e. The first kappa shape index (κ1) is 26.6. The fourth-order valence-electron chi connectivity index (χ4n) is 2.72. The van der Waals surface area contributed by atoms with Crippen LogP contribution in [0.2, 0.25) is 0 Å². The topological polar surface area (TPSA) is 74.8 Å². The van der Waals surface area contributed by atoms with Gasteiger partial charge in [-0.15, -0.1) is 24.0 Å². The van der Waals surface area contributed by atoms with Crippen LogP contribution in [0.5, 0.6) is 0 Å². The van der Waals surface area contributed by atoms with E-state index in [1.165, 1.54) is 0 Å². The lowest BCUT2D eigenvalue weighted by atomic mass is 10.0. The highest BCUT2D eigenvalue weighted by atomic mass is 127. The Kier molecular flexibility index (Phi) is 14.8. The standard InChI is InChI=1S/C21H36N4O2.HI/c1-6-8-20(26)25-18-11-9-17(10-12-18)15-24-21(22-5)23-14-13-19(16(3)4)27-7-2;/h9-12,16,19H,6-8,13-15H2,1-5H3,(H,25,26)(H2,22,23,24);1H.